The van der Waals surface area contributed by atoms with E-state index in [1.165, 1.54) is 24.8 Å². The number of aryl methyl sites for hydroxylation is 2. The van der Waals surface area contributed by atoms with Gasteiger partial charge in [-0.1, -0.05) is 35.5 Å². The molecule has 0 bridgehead atoms. The third-order valence-corrected chi connectivity index (χ3v) is 6.60. The van der Waals surface area contributed by atoms with Gasteiger partial charge < -0.3 is 14.4 Å². The normalized spacial score (nSPS) is 24.7. The van der Waals surface area contributed by atoms with Crippen molar-refractivity contribution in [1.82, 2.24) is 25.0 Å². The number of hydrogen-bond acceptors (Lipinski definition) is 5. The molecule has 2 aromatic heterocycles. The lowest BCUT2D eigenvalue weighted by molar-refractivity contribution is 0.408. The average molecular weight is 375 g/mol. The van der Waals surface area contributed by atoms with Gasteiger partial charge >= 0.3 is 0 Å². The van der Waals surface area contributed by atoms with E-state index >= 15 is 0 Å². The highest BCUT2D eigenvalue weighted by molar-refractivity contribution is 5.46. The Hall–Kier alpha value is -2.47. The molecule has 3 aliphatic rings. The summed E-state index contributed by atoms with van der Waals surface area (Å²) in [6.07, 6.45) is 9.01. The molecule has 0 amide bonds. The van der Waals surface area contributed by atoms with E-state index in [9.17, 15) is 0 Å². The first-order valence-electron chi connectivity index (χ1n) is 10.5. The second-order valence-corrected chi connectivity index (χ2v) is 8.64. The molecule has 6 nitrogen and oxygen atoms in total. The standard InChI is InChI=1S/C22H25N5O/c1-2-6-15(7-3-1)16-12-17(16)23-14-22(9-10-22)21-25-20(28-26-21)18-13-27-11-5-4-8-19(27)24-18/h1-3,6-7,13,16-17,23H,4-5,8-12,14H2. The average Bonchev–Trinajstić information content (AvgIpc) is 3.59. The van der Waals surface area contributed by atoms with E-state index in [1.807, 2.05) is 0 Å². The van der Waals surface area contributed by atoms with Crippen molar-refractivity contribution in [3.05, 3.63) is 53.7 Å². The lowest BCUT2D eigenvalue weighted by atomic mass is 10.1. The van der Waals surface area contributed by atoms with Gasteiger partial charge in [0.1, 0.15) is 11.5 Å². The van der Waals surface area contributed by atoms with Crippen molar-refractivity contribution in [2.75, 3.05) is 6.54 Å². The van der Waals surface area contributed by atoms with Crippen LogP contribution in [-0.2, 0) is 18.4 Å². The van der Waals surface area contributed by atoms with Crippen LogP contribution in [0.25, 0.3) is 11.6 Å². The van der Waals surface area contributed by atoms with Crippen LogP contribution in [0.5, 0.6) is 0 Å². The summed E-state index contributed by atoms with van der Waals surface area (Å²) in [7, 11) is 0. The van der Waals surface area contributed by atoms with Crippen LogP contribution in [-0.4, -0.2) is 32.3 Å². The Morgan fingerprint density at radius 3 is 2.86 bits per heavy atom. The number of fused-ring (bicyclic) bond motifs is 1. The topological polar surface area (TPSA) is 68.8 Å². The molecule has 6 heteroatoms. The lowest BCUT2D eigenvalue weighted by Gasteiger charge is -2.11. The molecule has 2 aliphatic carbocycles. The molecular weight excluding hydrogens is 350 g/mol. The summed E-state index contributed by atoms with van der Waals surface area (Å²) in [5, 5.41) is 8.09. The highest BCUT2D eigenvalue weighted by atomic mass is 16.5. The summed E-state index contributed by atoms with van der Waals surface area (Å²) in [5.41, 5.74) is 2.31. The number of nitrogens with one attached hydrogen (secondary N) is 1. The van der Waals surface area contributed by atoms with Crippen LogP contribution < -0.4 is 5.32 Å². The van der Waals surface area contributed by atoms with Gasteiger partial charge in [-0.2, -0.15) is 4.98 Å². The molecule has 1 N–H and O–H groups in total. The SMILES string of the molecule is c1ccc(C2CC2NCC2(c3noc(-c4cn5c(n4)CCCC5)n3)CC2)cc1. The van der Waals surface area contributed by atoms with Gasteiger partial charge in [0.2, 0.25) is 0 Å². The quantitative estimate of drug-likeness (QED) is 0.715. The number of imidazole rings is 1. The van der Waals surface area contributed by atoms with E-state index < -0.39 is 0 Å². The minimum atomic E-state index is 0.0466. The monoisotopic (exact) mass is 375 g/mol. The summed E-state index contributed by atoms with van der Waals surface area (Å²) >= 11 is 0. The van der Waals surface area contributed by atoms with Gasteiger partial charge in [0.15, 0.2) is 5.82 Å². The second-order valence-electron chi connectivity index (χ2n) is 8.64. The Balaban J connectivity index is 1.13. The van der Waals surface area contributed by atoms with E-state index in [2.05, 4.69) is 51.6 Å². The first kappa shape index (κ1) is 16.5. The van der Waals surface area contributed by atoms with Crippen LogP contribution in [0.15, 0.2) is 41.1 Å². The van der Waals surface area contributed by atoms with Crippen molar-refractivity contribution in [2.45, 2.75) is 62.4 Å². The predicted octanol–water partition coefficient (Wildman–Crippen LogP) is 3.45. The molecule has 3 heterocycles. The zero-order valence-corrected chi connectivity index (χ0v) is 16.0. The first-order chi connectivity index (χ1) is 13.8. The third-order valence-electron chi connectivity index (χ3n) is 6.60. The van der Waals surface area contributed by atoms with Crippen LogP contribution in [0, 0.1) is 0 Å². The van der Waals surface area contributed by atoms with Crippen molar-refractivity contribution in [3.63, 3.8) is 0 Å². The number of aromatic nitrogens is 4. The summed E-state index contributed by atoms with van der Waals surface area (Å²) in [6.45, 7) is 1.97. The maximum atomic E-state index is 5.60. The number of nitrogens with zero attached hydrogens (tertiary/aromatic N) is 4. The summed E-state index contributed by atoms with van der Waals surface area (Å²) in [6, 6.07) is 11.4. The van der Waals surface area contributed by atoms with E-state index in [0.29, 0.717) is 17.9 Å². The molecule has 2 fully saturated rings. The second kappa shape index (κ2) is 6.27. The summed E-state index contributed by atoms with van der Waals surface area (Å²) in [4.78, 5) is 9.46. The molecule has 2 atom stereocenters. The highest BCUT2D eigenvalue weighted by Crippen LogP contribution is 2.48. The number of rotatable bonds is 6. The van der Waals surface area contributed by atoms with Crippen LogP contribution in [0.4, 0.5) is 0 Å². The molecular formula is C22H25N5O. The number of benzene rings is 1. The fraction of sp³-hybridized carbons (Fsp3) is 0.500. The van der Waals surface area contributed by atoms with Crippen LogP contribution in [0.1, 0.15) is 55.2 Å². The maximum Gasteiger partial charge on any atom is 0.278 e. The Morgan fingerprint density at radius 2 is 2.04 bits per heavy atom. The van der Waals surface area contributed by atoms with Crippen molar-refractivity contribution >= 4 is 0 Å². The summed E-state index contributed by atoms with van der Waals surface area (Å²) < 4.78 is 7.83. The molecule has 28 heavy (non-hydrogen) atoms. The van der Waals surface area contributed by atoms with Gasteiger partial charge in [-0.25, -0.2) is 4.98 Å². The fourth-order valence-corrected chi connectivity index (χ4v) is 4.50. The van der Waals surface area contributed by atoms with Gasteiger partial charge in [0.05, 0.1) is 0 Å². The molecule has 3 aromatic rings. The molecule has 6 rings (SSSR count). The Morgan fingerprint density at radius 1 is 1.14 bits per heavy atom. The zero-order valence-electron chi connectivity index (χ0n) is 16.0. The molecule has 0 radical (unpaired) electrons. The third kappa shape index (κ3) is 2.87. The van der Waals surface area contributed by atoms with Gasteiger partial charge in [-0.3, -0.25) is 0 Å². The van der Waals surface area contributed by atoms with E-state index in [0.717, 1.165) is 49.7 Å². The molecule has 0 spiro atoms. The van der Waals surface area contributed by atoms with Crippen molar-refractivity contribution in [1.29, 1.82) is 0 Å². The lowest BCUT2D eigenvalue weighted by Crippen LogP contribution is -2.30. The number of hydrogen-bond donors (Lipinski definition) is 1. The van der Waals surface area contributed by atoms with Crippen LogP contribution in [0.3, 0.4) is 0 Å². The minimum Gasteiger partial charge on any atom is -0.334 e. The smallest absolute Gasteiger partial charge is 0.278 e. The molecule has 144 valence electrons. The highest BCUT2D eigenvalue weighted by Gasteiger charge is 2.50. The van der Waals surface area contributed by atoms with E-state index in [-0.39, 0.29) is 5.41 Å². The van der Waals surface area contributed by atoms with Crippen LogP contribution >= 0.6 is 0 Å². The largest absolute Gasteiger partial charge is 0.334 e. The Kier molecular flexibility index (Phi) is 3.69. The molecule has 0 saturated heterocycles. The first-order valence-corrected chi connectivity index (χ1v) is 10.5. The van der Waals surface area contributed by atoms with Gasteiger partial charge in [0, 0.05) is 43.1 Å². The summed E-state index contributed by atoms with van der Waals surface area (Å²) in [5.74, 6) is 3.20. The Labute approximate surface area is 164 Å². The molecule has 2 unspecified atom stereocenters. The molecule has 1 aliphatic heterocycles. The Bertz CT molecular complexity index is 964. The van der Waals surface area contributed by atoms with Crippen molar-refractivity contribution in [2.24, 2.45) is 0 Å². The van der Waals surface area contributed by atoms with Gasteiger partial charge in [-0.05, 0) is 37.7 Å². The van der Waals surface area contributed by atoms with Crippen molar-refractivity contribution in [3.8, 4) is 11.6 Å². The fourth-order valence-electron chi connectivity index (χ4n) is 4.50. The van der Waals surface area contributed by atoms with Crippen LogP contribution in [0.2, 0.25) is 0 Å². The van der Waals surface area contributed by atoms with E-state index in [4.69, 9.17) is 14.5 Å². The van der Waals surface area contributed by atoms with Gasteiger partial charge in [0.25, 0.3) is 5.89 Å². The predicted molar refractivity (Wildman–Crippen MR) is 105 cm³/mol. The zero-order chi connectivity index (χ0) is 18.6. The maximum absolute atomic E-state index is 5.60. The van der Waals surface area contributed by atoms with Gasteiger partial charge in [-0.15, -0.1) is 0 Å². The molecule has 2 saturated carbocycles. The minimum absolute atomic E-state index is 0.0466. The van der Waals surface area contributed by atoms with E-state index in [1.54, 1.807) is 0 Å². The van der Waals surface area contributed by atoms with Crippen molar-refractivity contribution < 1.29 is 4.52 Å². The molecule has 1 aromatic carbocycles.